The second-order valence-electron chi connectivity index (χ2n) is 5.54. The van der Waals surface area contributed by atoms with Gasteiger partial charge in [0.25, 0.3) is 0 Å². The summed E-state index contributed by atoms with van der Waals surface area (Å²) in [6.07, 6.45) is 4.91. The standard InChI is InChI=1S/C20H26O2/c1-4-5-7-10-17-13-15-19(16-14-17)20(21-2,22-3)18-11-8-6-9-12-18/h6,8-9,11-16H,4-5,7,10H2,1-3H3. The van der Waals surface area contributed by atoms with Gasteiger partial charge in [-0.05, 0) is 18.4 Å². The Morgan fingerprint density at radius 3 is 1.91 bits per heavy atom. The lowest BCUT2D eigenvalue weighted by molar-refractivity contribution is -0.183. The van der Waals surface area contributed by atoms with Gasteiger partial charge in [0.2, 0.25) is 5.79 Å². The molecule has 0 fully saturated rings. The third-order valence-corrected chi connectivity index (χ3v) is 4.13. The van der Waals surface area contributed by atoms with Crippen LogP contribution in [0.2, 0.25) is 0 Å². The average molecular weight is 298 g/mol. The molecule has 0 radical (unpaired) electrons. The van der Waals surface area contributed by atoms with Crippen molar-refractivity contribution in [3.63, 3.8) is 0 Å². The Kier molecular flexibility index (Phi) is 6.17. The molecule has 0 aliphatic carbocycles. The fourth-order valence-corrected chi connectivity index (χ4v) is 2.85. The molecule has 0 aliphatic heterocycles. The van der Waals surface area contributed by atoms with E-state index in [1.165, 1.54) is 24.8 Å². The predicted octanol–water partition coefficient (Wildman–Crippen LogP) is 4.91. The molecule has 0 heterocycles. The molecular weight excluding hydrogens is 272 g/mol. The van der Waals surface area contributed by atoms with Crippen molar-refractivity contribution in [3.05, 3.63) is 71.3 Å². The first-order valence-corrected chi connectivity index (χ1v) is 8.02. The van der Waals surface area contributed by atoms with Crippen LogP contribution < -0.4 is 0 Å². The van der Waals surface area contributed by atoms with Crippen LogP contribution >= 0.6 is 0 Å². The van der Waals surface area contributed by atoms with Gasteiger partial charge in [0.15, 0.2) is 0 Å². The highest BCUT2D eigenvalue weighted by Gasteiger charge is 2.34. The second-order valence-corrected chi connectivity index (χ2v) is 5.54. The molecule has 0 saturated carbocycles. The van der Waals surface area contributed by atoms with Crippen molar-refractivity contribution in [1.29, 1.82) is 0 Å². The normalized spacial score (nSPS) is 11.6. The van der Waals surface area contributed by atoms with Gasteiger partial charge in [-0.3, -0.25) is 0 Å². The summed E-state index contributed by atoms with van der Waals surface area (Å²) in [5.74, 6) is -0.844. The molecule has 118 valence electrons. The molecule has 0 atom stereocenters. The number of methoxy groups -OCH3 is 2. The van der Waals surface area contributed by atoms with Crippen molar-refractivity contribution in [2.75, 3.05) is 14.2 Å². The summed E-state index contributed by atoms with van der Waals surface area (Å²) < 4.78 is 11.6. The van der Waals surface area contributed by atoms with Crippen LogP contribution in [0, 0.1) is 0 Å². The second kappa shape index (κ2) is 8.11. The molecule has 2 aromatic carbocycles. The molecular formula is C20H26O2. The third-order valence-electron chi connectivity index (χ3n) is 4.13. The summed E-state index contributed by atoms with van der Waals surface area (Å²) in [5, 5.41) is 0. The molecule has 0 amide bonds. The van der Waals surface area contributed by atoms with Crippen molar-refractivity contribution in [3.8, 4) is 0 Å². The van der Waals surface area contributed by atoms with E-state index in [0.29, 0.717) is 0 Å². The lowest BCUT2D eigenvalue weighted by Gasteiger charge is -2.32. The van der Waals surface area contributed by atoms with E-state index in [0.717, 1.165) is 17.5 Å². The van der Waals surface area contributed by atoms with Gasteiger partial charge in [-0.2, -0.15) is 0 Å². The van der Waals surface area contributed by atoms with Gasteiger partial charge in [-0.1, -0.05) is 74.4 Å². The first kappa shape index (κ1) is 16.7. The lowest BCUT2D eigenvalue weighted by Crippen LogP contribution is -2.32. The molecule has 2 aromatic rings. The van der Waals surface area contributed by atoms with Crippen molar-refractivity contribution >= 4 is 0 Å². The Balaban J connectivity index is 2.26. The zero-order chi connectivity index (χ0) is 15.8. The number of unbranched alkanes of at least 4 members (excludes halogenated alkanes) is 2. The molecule has 0 bridgehead atoms. The summed E-state index contributed by atoms with van der Waals surface area (Å²) >= 11 is 0. The molecule has 0 aromatic heterocycles. The SMILES string of the molecule is CCCCCc1ccc(C(OC)(OC)c2ccccc2)cc1. The van der Waals surface area contributed by atoms with E-state index in [-0.39, 0.29) is 0 Å². The minimum atomic E-state index is -0.844. The average Bonchev–Trinajstić information content (AvgIpc) is 2.59. The predicted molar refractivity (Wildman–Crippen MR) is 90.9 cm³/mol. The summed E-state index contributed by atoms with van der Waals surface area (Å²) in [5.41, 5.74) is 3.38. The number of aryl methyl sites for hydroxylation is 1. The van der Waals surface area contributed by atoms with Gasteiger partial charge >= 0.3 is 0 Å². The van der Waals surface area contributed by atoms with E-state index in [1.54, 1.807) is 14.2 Å². The van der Waals surface area contributed by atoms with E-state index in [9.17, 15) is 0 Å². The molecule has 0 spiro atoms. The maximum Gasteiger partial charge on any atom is 0.221 e. The van der Waals surface area contributed by atoms with Crippen LogP contribution in [0.5, 0.6) is 0 Å². The highest BCUT2D eigenvalue weighted by atomic mass is 16.7. The fourth-order valence-electron chi connectivity index (χ4n) is 2.85. The van der Waals surface area contributed by atoms with Gasteiger partial charge in [0.05, 0.1) is 0 Å². The Hall–Kier alpha value is -1.64. The Bertz CT molecular complexity index is 542. The largest absolute Gasteiger partial charge is 0.346 e. The van der Waals surface area contributed by atoms with Gasteiger partial charge in [-0.15, -0.1) is 0 Å². The molecule has 0 saturated heterocycles. The van der Waals surface area contributed by atoms with E-state index in [1.807, 2.05) is 30.3 Å². The number of hydrogen-bond donors (Lipinski definition) is 0. The number of ether oxygens (including phenoxy) is 2. The van der Waals surface area contributed by atoms with Crippen LogP contribution in [0.1, 0.15) is 42.9 Å². The Morgan fingerprint density at radius 1 is 0.773 bits per heavy atom. The highest BCUT2D eigenvalue weighted by molar-refractivity contribution is 5.35. The van der Waals surface area contributed by atoms with Crippen LogP contribution in [0.3, 0.4) is 0 Å². The molecule has 0 N–H and O–H groups in total. The van der Waals surface area contributed by atoms with Gasteiger partial charge in [0.1, 0.15) is 0 Å². The summed E-state index contributed by atoms with van der Waals surface area (Å²) in [4.78, 5) is 0. The van der Waals surface area contributed by atoms with Crippen LogP contribution in [0.15, 0.2) is 54.6 Å². The van der Waals surface area contributed by atoms with Crippen LogP contribution in [0.4, 0.5) is 0 Å². The maximum absolute atomic E-state index is 5.78. The minimum absolute atomic E-state index is 0.844. The monoisotopic (exact) mass is 298 g/mol. The summed E-state index contributed by atoms with van der Waals surface area (Å²) in [6, 6.07) is 18.6. The van der Waals surface area contributed by atoms with Crippen molar-refractivity contribution < 1.29 is 9.47 Å². The molecule has 2 rings (SSSR count). The van der Waals surface area contributed by atoms with Crippen molar-refractivity contribution in [2.45, 2.75) is 38.4 Å². The first-order chi connectivity index (χ1) is 10.8. The maximum atomic E-state index is 5.78. The van der Waals surface area contributed by atoms with E-state index in [2.05, 4.69) is 31.2 Å². The van der Waals surface area contributed by atoms with Gasteiger partial charge in [-0.25, -0.2) is 0 Å². The molecule has 2 heteroatoms. The number of rotatable bonds is 8. The Labute approximate surface area is 134 Å². The van der Waals surface area contributed by atoms with Crippen molar-refractivity contribution in [2.24, 2.45) is 0 Å². The fraction of sp³-hybridized carbons (Fsp3) is 0.400. The third kappa shape index (κ3) is 3.57. The summed E-state index contributed by atoms with van der Waals surface area (Å²) in [7, 11) is 3.37. The van der Waals surface area contributed by atoms with E-state index in [4.69, 9.17) is 9.47 Å². The topological polar surface area (TPSA) is 18.5 Å². The molecule has 2 nitrogen and oxygen atoms in total. The van der Waals surface area contributed by atoms with Crippen LogP contribution in [-0.2, 0) is 21.7 Å². The van der Waals surface area contributed by atoms with Gasteiger partial charge < -0.3 is 9.47 Å². The smallest absolute Gasteiger partial charge is 0.221 e. The Morgan fingerprint density at radius 2 is 1.36 bits per heavy atom. The molecule has 22 heavy (non-hydrogen) atoms. The van der Waals surface area contributed by atoms with Crippen molar-refractivity contribution in [1.82, 2.24) is 0 Å². The lowest BCUT2D eigenvalue weighted by atomic mass is 9.95. The van der Waals surface area contributed by atoms with Crippen LogP contribution in [0.25, 0.3) is 0 Å². The molecule has 0 aliphatic rings. The summed E-state index contributed by atoms with van der Waals surface area (Å²) in [6.45, 7) is 2.23. The quantitative estimate of drug-likeness (QED) is 0.509. The minimum Gasteiger partial charge on any atom is -0.346 e. The number of benzene rings is 2. The number of hydrogen-bond acceptors (Lipinski definition) is 2. The zero-order valence-corrected chi connectivity index (χ0v) is 13.8. The van der Waals surface area contributed by atoms with Crippen LogP contribution in [-0.4, -0.2) is 14.2 Å². The molecule has 0 unspecified atom stereocenters. The first-order valence-electron chi connectivity index (χ1n) is 8.02. The zero-order valence-electron chi connectivity index (χ0n) is 13.8. The highest BCUT2D eigenvalue weighted by Crippen LogP contribution is 2.34. The van der Waals surface area contributed by atoms with Gasteiger partial charge in [0, 0.05) is 25.3 Å². The van der Waals surface area contributed by atoms with E-state index >= 15 is 0 Å². The van der Waals surface area contributed by atoms with E-state index < -0.39 is 5.79 Å².